The molecule has 0 aliphatic heterocycles. The Morgan fingerprint density at radius 1 is 1.15 bits per heavy atom. The number of halogens is 1. The van der Waals surface area contributed by atoms with Crippen LogP contribution in [0.4, 0.5) is 10.2 Å². The average Bonchev–Trinajstić information content (AvgIpc) is 2.67. The van der Waals surface area contributed by atoms with Crippen LogP contribution in [0.2, 0.25) is 0 Å². The van der Waals surface area contributed by atoms with Gasteiger partial charge in [0.2, 0.25) is 5.91 Å². The number of nitrogens with one attached hydrogen (secondary N) is 1. The van der Waals surface area contributed by atoms with Crippen LogP contribution >= 0.6 is 0 Å². The van der Waals surface area contributed by atoms with Gasteiger partial charge in [-0.2, -0.15) is 0 Å². The molecule has 1 amide bonds. The topological polar surface area (TPSA) is 80.9 Å². The predicted octanol–water partition coefficient (Wildman–Crippen LogP) is 3.91. The highest BCUT2D eigenvalue weighted by molar-refractivity contribution is 5.94. The Morgan fingerprint density at radius 2 is 1.89 bits per heavy atom. The van der Waals surface area contributed by atoms with Crippen LogP contribution in [0.15, 0.2) is 54.6 Å². The normalized spacial score (nSPS) is 11.8. The molecule has 5 nitrogen and oxygen atoms in total. The molecule has 1 heterocycles. The first-order valence-corrected chi connectivity index (χ1v) is 8.68. The van der Waals surface area contributed by atoms with Crippen molar-refractivity contribution >= 4 is 11.7 Å². The van der Waals surface area contributed by atoms with Crippen LogP contribution in [-0.2, 0) is 0 Å². The van der Waals surface area contributed by atoms with Gasteiger partial charge >= 0.3 is 0 Å². The minimum Gasteiger partial charge on any atom is -0.368 e. The van der Waals surface area contributed by atoms with Crippen molar-refractivity contribution in [2.24, 2.45) is 5.73 Å². The van der Waals surface area contributed by atoms with Gasteiger partial charge in [0.1, 0.15) is 5.82 Å². The van der Waals surface area contributed by atoms with Crippen LogP contribution in [0.25, 0.3) is 11.3 Å². The predicted molar refractivity (Wildman–Crippen MR) is 104 cm³/mol. The number of aryl methyl sites for hydroxylation is 1. The highest BCUT2D eigenvalue weighted by atomic mass is 19.1. The summed E-state index contributed by atoms with van der Waals surface area (Å²) >= 11 is 0. The van der Waals surface area contributed by atoms with Crippen molar-refractivity contribution in [3.05, 3.63) is 77.1 Å². The Labute approximate surface area is 157 Å². The van der Waals surface area contributed by atoms with Gasteiger partial charge in [-0.05, 0) is 54.3 Å². The lowest BCUT2D eigenvalue weighted by molar-refractivity contribution is 0.100. The molecule has 2 aromatic carbocycles. The van der Waals surface area contributed by atoms with E-state index in [9.17, 15) is 9.18 Å². The molecule has 3 aromatic rings. The van der Waals surface area contributed by atoms with Gasteiger partial charge < -0.3 is 11.1 Å². The Balaban J connectivity index is 1.72. The molecule has 0 bridgehead atoms. The molecule has 1 aromatic heterocycles. The number of carbonyl (C=O) groups is 1. The number of aromatic nitrogens is 2. The maximum Gasteiger partial charge on any atom is 0.248 e. The lowest BCUT2D eigenvalue weighted by Gasteiger charge is -2.15. The lowest BCUT2D eigenvalue weighted by atomic mass is 10.0. The SMILES string of the molecule is Cc1cc(-c2cccc(C(N)=O)c2)nnc1NCC(C)c1ccc(F)cc1. The summed E-state index contributed by atoms with van der Waals surface area (Å²) in [6.45, 7) is 4.66. The number of amides is 1. The van der Waals surface area contributed by atoms with Gasteiger partial charge in [-0.25, -0.2) is 4.39 Å². The summed E-state index contributed by atoms with van der Waals surface area (Å²) in [6.07, 6.45) is 0. The van der Waals surface area contributed by atoms with E-state index in [4.69, 9.17) is 5.73 Å². The van der Waals surface area contributed by atoms with Crippen molar-refractivity contribution in [2.75, 3.05) is 11.9 Å². The second-order valence-electron chi connectivity index (χ2n) is 6.54. The van der Waals surface area contributed by atoms with Gasteiger partial charge in [0, 0.05) is 17.7 Å². The number of hydrogen-bond acceptors (Lipinski definition) is 4. The number of hydrogen-bond donors (Lipinski definition) is 2. The number of rotatable bonds is 6. The first-order valence-electron chi connectivity index (χ1n) is 8.68. The van der Waals surface area contributed by atoms with Gasteiger partial charge in [0.05, 0.1) is 5.69 Å². The summed E-state index contributed by atoms with van der Waals surface area (Å²) in [7, 11) is 0. The molecule has 6 heteroatoms. The summed E-state index contributed by atoms with van der Waals surface area (Å²) in [5.74, 6) is 0.170. The molecular weight excluding hydrogens is 343 g/mol. The van der Waals surface area contributed by atoms with E-state index in [-0.39, 0.29) is 11.7 Å². The molecule has 1 unspecified atom stereocenters. The second kappa shape index (κ2) is 7.95. The third-order valence-electron chi connectivity index (χ3n) is 4.44. The van der Waals surface area contributed by atoms with Crippen LogP contribution in [-0.4, -0.2) is 22.6 Å². The first kappa shape index (κ1) is 18.5. The summed E-state index contributed by atoms with van der Waals surface area (Å²) in [5.41, 5.74) is 9.22. The lowest BCUT2D eigenvalue weighted by Crippen LogP contribution is -2.12. The number of carbonyl (C=O) groups excluding carboxylic acids is 1. The second-order valence-corrected chi connectivity index (χ2v) is 6.54. The molecule has 1 atom stereocenters. The van der Waals surface area contributed by atoms with E-state index in [1.807, 2.05) is 19.1 Å². The first-order chi connectivity index (χ1) is 12.9. The Morgan fingerprint density at radius 3 is 2.56 bits per heavy atom. The van der Waals surface area contributed by atoms with Crippen molar-refractivity contribution < 1.29 is 9.18 Å². The Kier molecular flexibility index (Phi) is 5.45. The molecule has 0 radical (unpaired) electrons. The summed E-state index contributed by atoms with van der Waals surface area (Å²) in [4.78, 5) is 11.3. The molecule has 0 aliphatic carbocycles. The zero-order chi connectivity index (χ0) is 19.4. The minimum atomic E-state index is -0.477. The molecule has 0 aliphatic rings. The van der Waals surface area contributed by atoms with E-state index < -0.39 is 5.91 Å². The molecule has 138 valence electrons. The van der Waals surface area contributed by atoms with E-state index in [0.29, 0.717) is 23.6 Å². The fourth-order valence-electron chi connectivity index (χ4n) is 2.79. The minimum absolute atomic E-state index is 0.193. The molecule has 0 spiro atoms. The maximum absolute atomic E-state index is 13.0. The zero-order valence-electron chi connectivity index (χ0n) is 15.2. The van der Waals surface area contributed by atoms with Crippen LogP contribution in [0, 0.1) is 12.7 Å². The van der Waals surface area contributed by atoms with Gasteiger partial charge in [-0.15, -0.1) is 10.2 Å². The van der Waals surface area contributed by atoms with Crippen LogP contribution in [0.1, 0.15) is 34.3 Å². The van der Waals surface area contributed by atoms with E-state index in [0.717, 1.165) is 16.7 Å². The van der Waals surface area contributed by atoms with Crippen LogP contribution in [0.5, 0.6) is 0 Å². The number of nitrogens with two attached hydrogens (primary N) is 1. The highest BCUT2D eigenvalue weighted by Crippen LogP contribution is 2.22. The van der Waals surface area contributed by atoms with E-state index in [2.05, 4.69) is 22.4 Å². The summed E-state index contributed by atoms with van der Waals surface area (Å²) in [6, 6.07) is 15.4. The van der Waals surface area contributed by atoms with E-state index >= 15 is 0 Å². The zero-order valence-corrected chi connectivity index (χ0v) is 15.2. The quantitative estimate of drug-likeness (QED) is 0.695. The molecule has 3 N–H and O–H groups in total. The molecular formula is C21H21FN4O. The van der Waals surface area contributed by atoms with Gasteiger partial charge in [-0.1, -0.05) is 31.2 Å². The van der Waals surface area contributed by atoms with Crippen molar-refractivity contribution in [1.82, 2.24) is 10.2 Å². The van der Waals surface area contributed by atoms with Crippen molar-refractivity contribution in [3.63, 3.8) is 0 Å². The van der Waals surface area contributed by atoms with Gasteiger partial charge in [0.15, 0.2) is 5.82 Å². The molecule has 27 heavy (non-hydrogen) atoms. The number of primary amides is 1. The third kappa shape index (κ3) is 4.47. The monoisotopic (exact) mass is 364 g/mol. The standard InChI is InChI=1S/C21H21FN4O/c1-13-10-19(16-4-3-5-17(11-16)20(23)27)25-26-21(13)24-12-14(2)15-6-8-18(22)9-7-15/h3-11,14H,12H2,1-2H3,(H2,23,27)(H,24,26). The molecule has 0 fully saturated rings. The van der Waals surface area contributed by atoms with Crippen molar-refractivity contribution in [1.29, 1.82) is 0 Å². The summed E-state index contributed by atoms with van der Waals surface area (Å²) < 4.78 is 13.0. The Hall–Kier alpha value is -3.28. The average molecular weight is 364 g/mol. The molecule has 3 rings (SSSR count). The number of anilines is 1. The van der Waals surface area contributed by atoms with Gasteiger partial charge in [0.25, 0.3) is 0 Å². The molecule has 0 saturated carbocycles. The number of nitrogens with zero attached hydrogens (tertiary/aromatic N) is 2. The van der Waals surface area contributed by atoms with Gasteiger partial charge in [-0.3, -0.25) is 4.79 Å². The van der Waals surface area contributed by atoms with E-state index in [1.54, 1.807) is 30.3 Å². The van der Waals surface area contributed by atoms with E-state index in [1.165, 1.54) is 12.1 Å². The molecule has 0 saturated heterocycles. The largest absolute Gasteiger partial charge is 0.368 e. The third-order valence-corrected chi connectivity index (χ3v) is 4.44. The maximum atomic E-state index is 13.0. The smallest absolute Gasteiger partial charge is 0.248 e. The fraction of sp³-hybridized carbons (Fsp3) is 0.190. The van der Waals surface area contributed by atoms with Crippen LogP contribution < -0.4 is 11.1 Å². The Bertz CT molecular complexity index is 957. The summed E-state index contributed by atoms with van der Waals surface area (Å²) in [5, 5.41) is 11.8. The van der Waals surface area contributed by atoms with Crippen LogP contribution in [0.3, 0.4) is 0 Å². The highest BCUT2D eigenvalue weighted by Gasteiger charge is 2.10. The van der Waals surface area contributed by atoms with Crippen molar-refractivity contribution in [2.45, 2.75) is 19.8 Å². The van der Waals surface area contributed by atoms with Crippen molar-refractivity contribution in [3.8, 4) is 11.3 Å². The number of benzene rings is 2. The fourth-order valence-corrected chi connectivity index (χ4v) is 2.79.